The van der Waals surface area contributed by atoms with Gasteiger partial charge in [0.25, 0.3) is 0 Å². The molecule has 0 amide bonds. The van der Waals surface area contributed by atoms with Gasteiger partial charge in [-0.25, -0.2) is 0 Å². The maximum atomic E-state index is 12.5. The predicted molar refractivity (Wildman–Crippen MR) is 45.0 cm³/mol. The summed E-state index contributed by atoms with van der Waals surface area (Å²) in [7, 11) is 0. The zero-order valence-electron chi connectivity index (χ0n) is 8.98. The number of halogens is 9. The van der Waals surface area contributed by atoms with Gasteiger partial charge < -0.3 is 0 Å². The fourth-order valence-corrected chi connectivity index (χ4v) is 1.45. The fraction of sp³-hybridized carbons (Fsp3) is 0.400. The smallest absolute Gasteiger partial charge is 0.166 e. The molecule has 0 atom stereocenters. The first-order chi connectivity index (χ1) is 8.24. The van der Waals surface area contributed by atoms with E-state index in [1.165, 1.54) is 0 Å². The number of alkyl halides is 9. The molecule has 0 nitrogen and oxygen atoms in total. The molecule has 1 aromatic rings. The Labute approximate surface area is 100 Å². The Bertz CT molecular complexity index is 475. The molecule has 0 saturated carbocycles. The molecule has 1 rings (SSSR count). The topological polar surface area (TPSA) is 0 Å². The van der Waals surface area contributed by atoms with Crippen molar-refractivity contribution in [3.63, 3.8) is 0 Å². The van der Waals surface area contributed by atoms with Gasteiger partial charge in [0.15, 0.2) is 0 Å². The Balaban J connectivity index is 3.68. The molecule has 9 heteroatoms. The number of hydrogen-bond acceptors (Lipinski definition) is 0. The van der Waals surface area contributed by atoms with Gasteiger partial charge in [-0.15, -0.1) is 0 Å². The van der Waals surface area contributed by atoms with Crippen LogP contribution in [0.25, 0.3) is 0 Å². The van der Waals surface area contributed by atoms with Crippen molar-refractivity contribution in [3.8, 4) is 0 Å². The fourth-order valence-electron chi connectivity index (χ4n) is 1.45. The lowest BCUT2D eigenvalue weighted by Gasteiger charge is -2.19. The Hall–Kier alpha value is -1.41. The van der Waals surface area contributed by atoms with Crippen LogP contribution in [-0.2, 0) is 18.5 Å². The van der Waals surface area contributed by atoms with Gasteiger partial charge in [0.05, 0.1) is 16.7 Å². The van der Waals surface area contributed by atoms with Crippen molar-refractivity contribution in [1.82, 2.24) is 0 Å². The summed E-state index contributed by atoms with van der Waals surface area (Å²) in [5.74, 6) is 0. The Morgan fingerprint density at radius 2 is 1.26 bits per heavy atom. The second-order valence-electron chi connectivity index (χ2n) is 3.61. The molecule has 0 heterocycles. The van der Waals surface area contributed by atoms with E-state index in [1.54, 1.807) is 0 Å². The van der Waals surface area contributed by atoms with E-state index in [4.69, 9.17) is 0 Å². The summed E-state index contributed by atoms with van der Waals surface area (Å²) in [5.41, 5.74) is -7.68. The SMILES string of the molecule is Cc1cc(C(F)(F)F)[c]c(C(F)(F)F)c1C(F)(F)F. The predicted octanol–water partition coefficient (Wildman–Crippen LogP) is 4.85. The molecule has 19 heavy (non-hydrogen) atoms. The minimum Gasteiger partial charge on any atom is -0.166 e. The van der Waals surface area contributed by atoms with Crippen LogP contribution >= 0.6 is 0 Å². The Morgan fingerprint density at radius 1 is 0.789 bits per heavy atom. The van der Waals surface area contributed by atoms with E-state index in [1.807, 2.05) is 0 Å². The molecular weight excluding hydrogens is 291 g/mol. The third-order valence-electron chi connectivity index (χ3n) is 2.14. The van der Waals surface area contributed by atoms with Gasteiger partial charge in [0, 0.05) is 6.07 Å². The normalized spacial score (nSPS) is 13.8. The molecule has 1 aromatic carbocycles. The maximum absolute atomic E-state index is 12.5. The lowest BCUT2D eigenvalue weighted by atomic mass is 9.97. The largest absolute Gasteiger partial charge is 0.417 e. The van der Waals surface area contributed by atoms with Crippen LogP contribution in [0.5, 0.6) is 0 Å². The van der Waals surface area contributed by atoms with E-state index in [0.717, 1.165) is 6.07 Å². The monoisotopic (exact) mass is 295 g/mol. The first-order valence-electron chi connectivity index (χ1n) is 4.53. The summed E-state index contributed by atoms with van der Waals surface area (Å²) < 4.78 is 112. The third-order valence-corrected chi connectivity index (χ3v) is 2.14. The average molecular weight is 295 g/mol. The third kappa shape index (κ3) is 3.32. The zero-order valence-corrected chi connectivity index (χ0v) is 8.98. The molecular formula is C10H4F9. The van der Waals surface area contributed by atoms with Gasteiger partial charge >= 0.3 is 18.5 Å². The van der Waals surface area contributed by atoms with E-state index in [0.29, 0.717) is 6.92 Å². The molecule has 0 spiro atoms. The number of hydrogen-bond donors (Lipinski definition) is 0. The number of benzene rings is 1. The lowest BCUT2D eigenvalue weighted by Crippen LogP contribution is -2.20. The molecule has 0 aliphatic rings. The Morgan fingerprint density at radius 3 is 1.58 bits per heavy atom. The van der Waals surface area contributed by atoms with E-state index in [9.17, 15) is 39.5 Å². The van der Waals surface area contributed by atoms with Crippen LogP contribution in [0.2, 0.25) is 0 Å². The van der Waals surface area contributed by atoms with Gasteiger partial charge in [0.1, 0.15) is 0 Å². The van der Waals surface area contributed by atoms with E-state index < -0.39 is 40.8 Å². The summed E-state index contributed by atoms with van der Waals surface area (Å²) in [6, 6.07) is 0.754. The second-order valence-corrected chi connectivity index (χ2v) is 3.61. The Kier molecular flexibility index (Phi) is 3.55. The van der Waals surface area contributed by atoms with Gasteiger partial charge in [-0.2, -0.15) is 39.5 Å². The van der Waals surface area contributed by atoms with Crippen LogP contribution in [0.15, 0.2) is 6.07 Å². The quantitative estimate of drug-likeness (QED) is 0.600. The summed E-state index contributed by atoms with van der Waals surface area (Å²) in [6.07, 6.45) is -16.2. The van der Waals surface area contributed by atoms with Crippen LogP contribution < -0.4 is 0 Å². The van der Waals surface area contributed by atoms with Gasteiger partial charge in [0.2, 0.25) is 0 Å². The van der Waals surface area contributed by atoms with Crippen LogP contribution in [0.3, 0.4) is 0 Å². The van der Waals surface area contributed by atoms with Gasteiger partial charge in [-0.1, -0.05) is 0 Å². The van der Waals surface area contributed by atoms with Crippen molar-refractivity contribution in [3.05, 3.63) is 34.4 Å². The first-order valence-corrected chi connectivity index (χ1v) is 4.53. The second kappa shape index (κ2) is 4.31. The molecule has 0 saturated heterocycles. The summed E-state index contributed by atoms with van der Waals surface area (Å²) in [5, 5.41) is 0. The summed E-state index contributed by atoms with van der Waals surface area (Å²) >= 11 is 0. The highest BCUT2D eigenvalue weighted by Gasteiger charge is 2.46. The highest BCUT2D eigenvalue weighted by Crippen LogP contribution is 2.44. The van der Waals surface area contributed by atoms with Crippen molar-refractivity contribution >= 4 is 0 Å². The molecule has 0 aliphatic heterocycles. The highest BCUT2D eigenvalue weighted by atomic mass is 19.4. The van der Waals surface area contributed by atoms with Gasteiger partial charge in [-0.3, -0.25) is 0 Å². The van der Waals surface area contributed by atoms with Gasteiger partial charge in [-0.05, 0) is 18.6 Å². The molecule has 0 aromatic heterocycles. The molecule has 0 N–H and O–H groups in total. The molecule has 0 unspecified atom stereocenters. The highest BCUT2D eigenvalue weighted by molar-refractivity contribution is 5.42. The molecule has 1 radical (unpaired) electrons. The number of aryl methyl sites for hydroxylation is 1. The molecule has 0 aliphatic carbocycles. The van der Waals surface area contributed by atoms with Crippen molar-refractivity contribution in [2.45, 2.75) is 25.5 Å². The van der Waals surface area contributed by atoms with E-state index in [-0.39, 0.29) is 6.07 Å². The van der Waals surface area contributed by atoms with Crippen LogP contribution in [0.4, 0.5) is 39.5 Å². The van der Waals surface area contributed by atoms with E-state index >= 15 is 0 Å². The van der Waals surface area contributed by atoms with Crippen LogP contribution in [0, 0.1) is 13.0 Å². The first kappa shape index (κ1) is 15.6. The van der Waals surface area contributed by atoms with Crippen molar-refractivity contribution in [1.29, 1.82) is 0 Å². The standard InChI is InChI=1S/C10H4F9/c1-4-2-5(8(11,12)13)3-6(9(14,15)16)7(4)10(17,18)19/h2H,1H3. The van der Waals surface area contributed by atoms with Crippen LogP contribution in [0.1, 0.15) is 22.3 Å². The van der Waals surface area contributed by atoms with E-state index in [2.05, 4.69) is 0 Å². The average Bonchev–Trinajstić information content (AvgIpc) is 2.11. The summed E-state index contributed by atoms with van der Waals surface area (Å²) in [4.78, 5) is 0. The van der Waals surface area contributed by atoms with Crippen molar-refractivity contribution in [2.75, 3.05) is 0 Å². The molecule has 107 valence electrons. The molecule has 0 bridgehead atoms. The number of rotatable bonds is 0. The summed E-state index contributed by atoms with van der Waals surface area (Å²) in [6.45, 7) is 0.529. The lowest BCUT2D eigenvalue weighted by molar-refractivity contribution is -0.164. The van der Waals surface area contributed by atoms with Crippen LogP contribution in [-0.4, -0.2) is 0 Å². The minimum absolute atomic E-state index is 0.0158. The molecule has 0 fully saturated rings. The van der Waals surface area contributed by atoms with Crippen molar-refractivity contribution < 1.29 is 39.5 Å². The zero-order chi connectivity index (χ0) is 15.2. The maximum Gasteiger partial charge on any atom is 0.417 e. The minimum atomic E-state index is -5.59. The van der Waals surface area contributed by atoms with Crippen molar-refractivity contribution in [2.24, 2.45) is 0 Å².